The molecule has 0 amide bonds. The molecule has 0 atom stereocenters. The van der Waals surface area contributed by atoms with Crippen LogP contribution in [-0.4, -0.2) is 34.1 Å². The molecule has 28 heavy (non-hydrogen) atoms. The number of hydrogen-bond donors (Lipinski definition) is 2. The van der Waals surface area contributed by atoms with Crippen LogP contribution in [0, 0.1) is 0 Å². The number of aromatic nitrogens is 3. The Morgan fingerprint density at radius 2 is 1.57 bits per heavy atom. The number of rotatable bonds is 6. The lowest BCUT2D eigenvalue weighted by atomic mass is 10.1. The Morgan fingerprint density at radius 3 is 2.25 bits per heavy atom. The zero-order valence-corrected chi connectivity index (χ0v) is 15.7. The molecule has 0 radical (unpaired) electrons. The molecule has 142 valence electrons. The summed E-state index contributed by atoms with van der Waals surface area (Å²) in [5.41, 5.74) is 3.65. The zero-order chi connectivity index (χ0) is 19.3. The van der Waals surface area contributed by atoms with Crippen molar-refractivity contribution in [2.24, 2.45) is 0 Å². The summed E-state index contributed by atoms with van der Waals surface area (Å²) >= 11 is 0. The van der Waals surface area contributed by atoms with Gasteiger partial charge in [0.15, 0.2) is 11.6 Å². The van der Waals surface area contributed by atoms with Crippen molar-refractivity contribution in [3.63, 3.8) is 0 Å². The van der Waals surface area contributed by atoms with Gasteiger partial charge in [-0.15, -0.1) is 5.10 Å². The standard InChI is InChI=1S/C21H22N6O/c1-15(28)16-4-6-17(7-5-16)23-20-14-22-26-21(25-20)24-18-8-10-19(11-9-18)27-12-2-3-13-27/h4-11,14H,2-3,12-13H2,1H3,(H2,23,24,25,26). The molecule has 0 bridgehead atoms. The van der Waals surface area contributed by atoms with Crippen molar-refractivity contribution in [3.05, 3.63) is 60.3 Å². The minimum atomic E-state index is 0.0393. The Hall–Kier alpha value is -3.48. The van der Waals surface area contributed by atoms with Crippen LogP contribution in [0.1, 0.15) is 30.1 Å². The third-order valence-electron chi connectivity index (χ3n) is 4.72. The Morgan fingerprint density at radius 1 is 0.929 bits per heavy atom. The summed E-state index contributed by atoms with van der Waals surface area (Å²) in [5.74, 6) is 1.03. The topological polar surface area (TPSA) is 83.0 Å². The van der Waals surface area contributed by atoms with Crippen LogP contribution >= 0.6 is 0 Å². The van der Waals surface area contributed by atoms with Gasteiger partial charge in [0.25, 0.3) is 0 Å². The van der Waals surface area contributed by atoms with E-state index < -0.39 is 0 Å². The van der Waals surface area contributed by atoms with Crippen molar-refractivity contribution < 1.29 is 4.79 Å². The van der Waals surface area contributed by atoms with Crippen LogP contribution in [0.5, 0.6) is 0 Å². The molecule has 3 aromatic rings. The molecule has 1 fully saturated rings. The van der Waals surface area contributed by atoms with Gasteiger partial charge in [0.1, 0.15) is 0 Å². The van der Waals surface area contributed by atoms with Crippen LogP contribution < -0.4 is 15.5 Å². The predicted octanol–water partition coefficient (Wildman–Crippen LogP) is 4.16. The fourth-order valence-electron chi connectivity index (χ4n) is 3.21. The van der Waals surface area contributed by atoms with Gasteiger partial charge in [0.2, 0.25) is 5.95 Å². The van der Waals surface area contributed by atoms with Gasteiger partial charge in [-0.3, -0.25) is 4.79 Å². The number of anilines is 5. The van der Waals surface area contributed by atoms with E-state index in [0.717, 1.165) is 24.5 Å². The molecular formula is C21H22N6O. The monoisotopic (exact) mass is 374 g/mol. The SMILES string of the molecule is CC(=O)c1ccc(Nc2cnnc(Nc3ccc(N4CCCC4)cc3)n2)cc1. The van der Waals surface area contributed by atoms with Crippen LogP contribution in [0.3, 0.4) is 0 Å². The van der Waals surface area contributed by atoms with Crippen molar-refractivity contribution in [3.8, 4) is 0 Å². The second-order valence-electron chi connectivity index (χ2n) is 6.79. The van der Waals surface area contributed by atoms with Crippen molar-refractivity contribution in [2.75, 3.05) is 28.6 Å². The van der Waals surface area contributed by atoms with Gasteiger partial charge in [-0.25, -0.2) is 0 Å². The van der Waals surface area contributed by atoms with Crippen molar-refractivity contribution in [1.29, 1.82) is 0 Å². The highest BCUT2D eigenvalue weighted by molar-refractivity contribution is 5.94. The van der Waals surface area contributed by atoms with E-state index in [1.54, 1.807) is 25.3 Å². The predicted molar refractivity (Wildman–Crippen MR) is 111 cm³/mol. The molecule has 1 aliphatic rings. The van der Waals surface area contributed by atoms with Gasteiger partial charge >= 0.3 is 0 Å². The minimum absolute atomic E-state index is 0.0393. The van der Waals surface area contributed by atoms with E-state index in [1.807, 2.05) is 24.3 Å². The summed E-state index contributed by atoms with van der Waals surface area (Å²) < 4.78 is 0. The van der Waals surface area contributed by atoms with Crippen molar-refractivity contribution in [1.82, 2.24) is 15.2 Å². The summed E-state index contributed by atoms with van der Waals surface area (Å²) in [5, 5.41) is 14.4. The van der Waals surface area contributed by atoms with Crippen LogP contribution in [0.4, 0.5) is 28.8 Å². The Kier molecular flexibility index (Phi) is 5.14. The van der Waals surface area contributed by atoms with E-state index in [4.69, 9.17) is 0 Å². The van der Waals surface area contributed by atoms with E-state index in [1.165, 1.54) is 18.5 Å². The van der Waals surface area contributed by atoms with Gasteiger partial charge in [-0.05, 0) is 68.3 Å². The summed E-state index contributed by atoms with van der Waals surface area (Å²) in [4.78, 5) is 18.2. The molecule has 1 saturated heterocycles. The highest BCUT2D eigenvalue weighted by Crippen LogP contribution is 2.23. The summed E-state index contributed by atoms with van der Waals surface area (Å²) in [6.07, 6.45) is 4.08. The Balaban J connectivity index is 1.42. The number of carbonyl (C=O) groups is 1. The number of ketones is 1. The van der Waals surface area contributed by atoms with E-state index in [-0.39, 0.29) is 5.78 Å². The van der Waals surface area contributed by atoms with E-state index in [9.17, 15) is 4.79 Å². The minimum Gasteiger partial charge on any atom is -0.372 e. The van der Waals surface area contributed by atoms with Crippen LogP contribution in [-0.2, 0) is 0 Å². The second-order valence-corrected chi connectivity index (χ2v) is 6.79. The summed E-state index contributed by atoms with van der Waals surface area (Å²) in [6, 6.07) is 15.5. The lowest BCUT2D eigenvalue weighted by Gasteiger charge is -2.17. The third-order valence-corrected chi connectivity index (χ3v) is 4.72. The molecule has 2 aromatic carbocycles. The zero-order valence-electron chi connectivity index (χ0n) is 15.7. The first-order valence-electron chi connectivity index (χ1n) is 9.37. The molecule has 0 saturated carbocycles. The molecule has 0 unspecified atom stereocenters. The molecule has 4 rings (SSSR count). The van der Waals surface area contributed by atoms with Crippen LogP contribution in [0.15, 0.2) is 54.7 Å². The van der Waals surface area contributed by atoms with E-state index in [0.29, 0.717) is 17.3 Å². The quantitative estimate of drug-likeness (QED) is 0.627. The highest BCUT2D eigenvalue weighted by atomic mass is 16.1. The maximum atomic E-state index is 11.4. The fourth-order valence-corrected chi connectivity index (χ4v) is 3.21. The first kappa shape index (κ1) is 17.9. The number of hydrogen-bond acceptors (Lipinski definition) is 7. The number of Topliss-reactive ketones (excluding diaryl/α,β-unsaturated/α-hetero) is 1. The lowest BCUT2D eigenvalue weighted by molar-refractivity contribution is 0.101. The molecule has 0 aliphatic carbocycles. The first-order valence-corrected chi connectivity index (χ1v) is 9.37. The molecule has 2 heterocycles. The molecular weight excluding hydrogens is 352 g/mol. The Labute approximate surface area is 163 Å². The normalized spacial score (nSPS) is 13.4. The number of benzene rings is 2. The van der Waals surface area contributed by atoms with Gasteiger partial charge < -0.3 is 15.5 Å². The van der Waals surface area contributed by atoms with Crippen LogP contribution in [0.2, 0.25) is 0 Å². The maximum absolute atomic E-state index is 11.4. The average molecular weight is 374 g/mol. The molecule has 1 aromatic heterocycles. The molecule has 7 heteroatoms. The molecule has 2 N–H and O–H groups in total. The van der Waals surface area contributed by atoms with Gasteiger partial charge in [0, 0.05) is 35.7 Å². The van der Waals surface area contributed by atoms with Gasteiger partial charge in [-0.1, -0.05) is 0 Å². The summed E-state index contributed by atoms with van der Waals surface area (Å²) in [7, 11) is 0. The average Bonchev–Trinajstić information content (AvgIpc) is 3.24. The highest BCUT2D eigenvalue weighted by Gasteiger charge is 2.12. The third kappa shape index (κ3) is 4.25. The summed E-state index contributed by atoms with van der Waals surface area (Å²) in [6.45, 7) is 3.80. The number of nitrogens with one attached hydrogen (secondary N) is 2. The van der Waals surface area contributed by atoms with Crippen molar-refractivity contribution >= 4 is 34.6 Å². The molecule has 0 spiro atoms. The molecule has 1 aliphatic heterocycles. The van der Waals surface area contributed by atoms with Gasteiger partial charge in [-0.2, -0.15) is 10.1 Å². The Bertz CT molecular complexity index is 949. The second kappa shape index (κ2) is 8.04. The van der Waals surface area contributed by atoms with Crippen LogP contribution in [0.25, 0.3) is 0 Å². The van der Waals surface area contributed by atoms with E-state index in [2.05, 4.69) is 42.8 Å². The van der Waals surface area contributed by atoms with Crippen molar-refractivity contribution in [2.45, 2.75) is 19.8 Å². The maximum Gasteiger partial charge on any atom is 0.249 e. The number of nitrogens with zero attached hydrogens (tertiary/aromatic N) is 4. The smallest absolute Gasteiger partial charge is 0.249 e. The fraction of sp³-hybridized carbons (Fsp3) is 0.238. The lowest BCUT2D eigenvalue weighted by Crippen LogP contribution is -2.17. The number of carbonyl (C=O) groups excluding carboxylic acids is 1. The van der Waals surface area contributed by atoms with Gasteiger partial charge in [0.05, 0.1) is 6.20 Å². The first-order chi connectivity index (χ1) is 13.7. The largest absolute Gasteiger partial charge is 0.372 e. The molecule has 7 nitrogen and oxygen atoms in total. The van der Waals surface area contributed by atoms with E-state index >= 15 is 0 Å².